The summed E-state index contributed by atoms with van der Waals surface area (Å²) in [5.41, 5.74) is 1.78. The Labute approximate surface area is 127 Å². The van der Waals surface area contributed by atoms with Crippen LogP contribution in [0, 0.1) is 13.8 Å². The highest BCUT2D eigenvalue weighted by Gasteiger charge is 2.23. The Kier molecular flexibility index (Phi) is 4.02. The van der Waals surface area contributed by atoms with Crippen molar-refractivity contribution >= 4 is 11.7 Å². The van der Waals surface area contributed by atoms with Crippen molar-refractivity contribution in [2.24, 2.45) is 0 Å². The lowest BCUT2D eigenvalue weighted by Crippen LogP contribution is -2.37. The van der Waals surface area contributed by atoms with Crippen LogP contribution in [0.4, 0.5) is 4.39 Å². The lowest BCUT2D eigenvalue weighted by Gasteiger charge is -2.10. The van der Waals surface area contributed by atoms with Crippen molar-refractivity contribution in [1.82, 2.24) is 30.2 Å². The second-order valence-electron chi connectivity index (χ2n) is 5.70. The lowest BCUT2D eigenvalue weighted by atomic mass is 10.2. The molecule has 1 aliphatic rings. The minimum absolute atomic E-state index is 0.000427. The van der Waals surface area contributed by atoms with Crippen molar-refractivity contribution in [2.75, 3.05) is 13.1 Å². The van der Waals surface area contributed by atoms with Gasteiger partial charge in [0, 0.05) is 30.5 Å². The molecule has 7 nitrogen and oxygen atoms in total. The first-order chi connectivity index (χ1) is 10.5. The molecule has 0 aliphatic carbocycles. The third-order valence-electron chi connectivity index (χ3n) is 3.69. The zero-order valence-corrected chi connectivity index (χ0v) is 12.6. The van der Waals surface area contributed by atoms with Crippen LogP contribution in [-0.2, 0) is 11.2 Å². The van der Waals surface area contributed by atoms with Gasteiger partial charge in [0.15, 0.2) is 5.82 Å². The van der Waals surface area contributed by atoms with Gasteiger partial charge >= 0.3 is 0 Å². The Bertz CT molecular complexity index is 700. The fourth-order valence-electron chi connectivity index (χ4n) is 2.65. The number of aromatic nitrogens is 4. The first kappa shape index (κ1) is 14.8. The summed E-state index contributed by atoms with van der Waals surface area (Å²) < 4.78 is 14.7. The third-order valence-corrected chi connectivity index (χ3v) is 3.69. The van der Waals surface area contributed by atoms with Gasteiger partial charge < -0.3 is 10.6 Å². The van der Waals surface area contributed by atoms with Crippen LogP contribution in [0.15, 0.2) is 6.07 Å². The molecule has 3 heterocycles. The van der Waals surface area contributed by atoms with Crippen molar-refractivity contribution in [1.29, 1.82) is 0 Å². The van der Waals surface area contributed by atoms with E-state index in [1.165, 1.54) is 0 Å². The molecule has 0 aromatic carbocycles. The number of hydrogen-bond acceptors (Lipinski definition) is 5. The SMILES string of the molecule is Cc1cc(C)n2nc(CC(=O)NCC3CC(F)CN3)nc2n1. The molecule has 2 N–H and O–H groups in total. The maximum Gasteiger partial charge on any atom is 0.252 e. The number of aryl methyl sites for hydroxylation is 2. The van der Waals surface area contributed by atoms with E-state index in [-0.39, 0.29) is 18.4 Å². The van der Waals surface area contributed by atoms with E-state index >= 15 is 0 Å². The number of amides is 1. The summed E-state index contributed by atoms with van der Waals surface area (Å²) in [5.74, 6) is 0.758. The average Bonchev–Trinajstić information content (AvgIpc) is 3.02. The summed E-state index contributed by atoms with van der Waals surface area (Å²) in [6, 6.07) is 1.91. The predicted molar refractivity (Wildman–Crippen MR) is 78.3 cm³/mol. The summed E-state index contributed by atoms with van der Waals surface area (Å²) in [4.78, 5) is 20.5. The van der Waals surface area contributed by atoms with E-state index < -0.39 is 6.17 Å². The molecule has 22 heavy (non-hydrogen) atoms. The number of nitrogens with zero attached hydrogens (tertiary/aromatic N) is 4. The summed E-state index contributed by atoms with van der Waals surface area (Å²) in [6.07, 6.45) is -0.289. The number of carbonyl (C=O) groups is 1. The molecular formula is C14H19FN6O. The Hall–Kier alpha value is -2.09. The summed E-state index contributed by atoms with van der Waals surface area (Å²) in [6.45, 7) is 4.59. The van der Waals surface area contributed by atoms with Gasteiger partial charge in [-0.05, 0) is 26.3 Å². The third kappa shape index (κ3) is 3.22. The van der Waals surface area contributed by atoms with Crippen molar-refractivity contribution in [2.45, 2.75) is 38.9 Å². The van der Waals surface area contributed by atoms with Crippen LogP contribution >= 0.6 is 0 Å². The van der Waals surface area contributed by atoms with Gasteiger partial charge in [-0.15, -0.1) is 5.10 Å². The minimum Gasteiger partial charge on any atom is -0.354 e. The highest BCUT2D eigenvalue weighted by atomic mass is 19.1. The Balaban J connectivity index is 1.60. The molecular weight excluding hydrogens is 287 g/mol. The van der Waals surface area contributed by atoms with Gasteiger partial charge in [0.05, 0.1) is 6.42 Å². The summed E-state index contributed by atoms with van der Waals surface area (Å²) in [5, 5.41) is 10.1. The largest absolute Gasteiger partial charge is 0.354 e. The van der Waals surface area contributed by atoms with Crippen molar-refractivity contribution < 1.29 is 9.18 Å². The fraction of sp³-hybridized carbons (Fsp3) is 0.571. The molecule has 1 aliphatic heterocycles. The minimum atomic E-state index is -0.820. The molecule has 2 aromatic rings. The van der Waals surface area contributed by atoms with Crippen molar-refractivity contribution in [3.63, 3.8) is 0 Å². The van der Waals surface area contributed by atoms with Crippen molar-refractivity contribution in [3.05, 3.63) is 23.3 Å². The summed E-state index contributed by atoms with van der Waals surface area (Å²) in [7, 11) is 0. The Morgan fingerprint density at radius 3 is 3.05 bits per heavy atom. The predicted octanol–water partition coefficient (Wildman–Crippen LogP) is 0.0998. The molecule has 3 rings (SSSR count). The maximum absolute atomic E-state index is 13.0. The fourth-order valence-corrected chi connectivity index (χ4v) is 2.65. The number of alkyl halides is 1. The van der Waals surface area contributed by atoms with Gasteiger partial charge in [0.2, 0.25) is 5.91 Å². The van der Waals surface area contributed by atoms with Gasteiger partial charge in [0.25, 0.3) is 5.78 Å². The highest BCUT2D eigenvalue weighted by Crippen LogP contribution is 2.09. The van der Waals surface area contributed by atoms with Gasteiger partial charge in [0.1, 0.15) is 6.17 Å². The second kappa shape index (κ2) is 5.96. The monoisotopic (exact) mass is 306 g/mol. The van der Waals surface area contributed by atoms with Gasteiger partial charge in [-0.25, -0.2) is 13.9 Å². The van der Waals surface area contributed by atoms with Gasteiger partial charge in [-0.2, -0.15) is 4.98 Å². The molecule has 0 radical (unpaired) electrons. The smallest absolute Gasteiger partial charge is 0.252 e. The quantitative estimate of drug-likeness (QED) is 0.837. The van der Waals surface area contributed by atoms with Gasteiger partial charge in [-0.3, -0.25) is 4.79 Å². The van der Waals surface area contributed by atoms with Crippen LogP contribution in [0.2, 0.25) is 0 Å². The van der Waals surface area contributed by atoms with E-state index in [9.17, 15) is 9.18 Å². The van der Waals surface area contributed by atoms with E-state index in [2.05, 4.69) is 25.7 Å². The van der Waals surface area contributed by atoms with Crippen LogP contribution in [0.3, 0.4) is 0 Å². The molecule has 2 unspecified atom stereocenters. The number of halogens is 1. The Morgan fingerprint density at radius 2 is 2.32 bits per heavy atom. The van der Waals surface area contributed by atoms with Crippen LogP contribution in [0.25, 0.3) is 5.78 Å². The van der Waals surface area contributed by atoms with Crippen LogP contribution in [0.1, 0.15) is 23.6 Å². The molecule has 2 aromatic heterocycles. The average molecular weight is 306 g/mol. The zero-order valence-electron chi connectivity index (χ0n) is 12.6. The lowest BCUT2D eigenvalue weighted by molar-refractivity contribution is -0.120. The molecule has 0 saturated carbocycles. The molecule has 2 atom stereocenters. The van der Waals surface area contributed by atoms with E-state index in [1.807, 2.05) is 19.9 Å². The maximum atomic E-state index is 13.0. The van der Waals surface area contributed by atoms with Crippen molar-refractivity contribution in [3.8, 4) is 0 Å². The topological polar surface area (TPSA) is 84.2 Å². The van der Waals surface area contributed by atoms with E-state index in [1.54, 1.807) is 4.52 Å². The molecule has 1 fully saturated rings. The van der Waals surface area contributed by atoms with E-state index in [0.29, 0.717) is 31.1 Å². The van der Waals surface area contributed by atoms with Crippen LogP contribution < -0.4 is 10.6 Å². The molecule has 8 heteroatoms. The zero-order chi connectivity index (χ0) is 15.7. The number of nitrogens with one attached hydrogen (secondary N) is 2. The molecule has 0 bridgehead atoms. The number of fused-ring (bicyclic) bond motifs is 1. The Morgan fingerprint density at radius 1 is 1.50 bits per heavy atom. The molecule has 0 spiro atoms. The molecule has 118 valence electrons. The first-order valence-electron chi connectivity index (χ1n) is 7.35. The standard InChI is InChI=1S/C14H19FN6O/c1-8-3-9(2)21-14(18-8)19-12(20-21)5-13(22)17-7-11-4-10(15)6-16-11/h3,10-11,16H,4-7H2,1-2H3,(H,17,22). The molecule has 1 saturated heterocycles. The molecule has 1 amide bonds. The first-order valence-corrected chi connectivity index (χ1v) is 7.35. The number of rotatable bonds is 4. The normalized spacial score (nSPS) is 21.4. The number of hydrogen-bond donors (Lipinski definition) is 2. The number of carbonyl (C=O) groups excluding carboxylic acids is 1. The van der Waals surface area contributed by atoms with Gasteiger partial charge in [-0.1, -0.05) is 0 Å². The van der Waals surface area contributed by atoms with E-state index in [4.69, 9.17) is 0 Å². The highest BCUT2D eigenvalue weighted by molar-refractivity contribution is 5.77. The van der Waals surface area contributed by atoms with E-state index in [0.717, 1.165) is 11.4 Å². The van der Waals surface area contributed by atoms with Crippen LogP contribution in [-0.4, -0.2) is 50.8 Å². The van der Waals surface area contributed by atoms with Crippen LogP contribution in [0.5, 0.6) is 0 Å². The summed E-state index contributed by atoms with van der Waals surface area (Å²) >= 11 is 0. The second-order valence-corrected chi connectivity index (χ2v) is 5.70.